The Morgan fingerprint density at radius 2 is 1.54 bits per heavy atom. The number of nitrogens with zero attached hydrogens (tertiary/aromatic N) is 2. The average molecular weight is 383 g/mol. The van der Waals surface area contributed by atoms with Crippen LogP contribution in [0, 0.1) is 0 Å². The Morgan fingerprint density at radius 3 is 2.18 bits per heavy atom. The van der Waals surface area contributed by atoms with Crippen LogP contribution in [0.1, 0.15) is 18.1 Å². The second-order valence-electron chi connectivity index (χ2n) is 7.07. The van der Waals surface area contributed by atoms with Crippen molar-refractivity contribution < 1.29 is 9.59 Å². The predicted octanol–water partition coefficient (Wildman–Crippen LogP) is 2.50. The Morgan fingerprint density at radius 1 is 0.893 bits per heavy atom. The van der Waals surface area contributed by atoms with Crippen LogP contribution in [0.2, 0.25) is 0 Å². The topological polar surface area (TPSA) is 64.7 Å². The summed E-state index contributed by atoms with van der Waals surface area (Å²) in [4.78, 5) is 28.1. The van der Waals surface area contributed by atoms with E-state index in [1.54, 1.807) is 11.9 Å². The lowest BCUT2D eigenvalue weighted by Crippen LogP contribution is -2.38. The summed E-state index contributed by atoms with van der Waals surface area (Å²) < 4.78 is 0. The number of benzene rings is 2. The van der Waals surface area contributed by atoms with E-state index in [0.717, 1.165) is 28.9 Å². The van der Waals surface area contributed by atoms with Crippen molar-refractivity contribution in [2.24, 2.45) is 0 Å². The van der Waals surface area contributed by atoms with E-state index in [-0.39, 0.29) is 24.9 Å². The van der Waals surface area contributed by atoms with Crippen LogP contribution in [-0.4, -0.2) is 50.9 Å². The Bertz CT molecular complexity index is 787. The first-order valence-corrected chi connectivity index (χ1v) is 9.48. The number of amides is 2. The Hall–Kier alpha value is -2.86. The second-order valence-corrected chi connectivity index (χ2v) is 7.07. The molecule has 0 heterocycles. The van der Waals surface area contributed by atoms with Gasteiger partial charge in [0, 0.05) is 32.0 Å². The fourth-order valence-electron chi connectivity index (χ4n) is 2.85. The van der Waals surface area contributed by atoms with Crippen molar-refractivity contribution in [2.45, 2.75) is 19.9 Å². The Kier molecular flexibility index (Phi) is 8.02. The van der Waals surface area contributed by atoms with Crippen LogP contribution < -0.4 is 15.5 Å². The van der Waals surface area contributed by atoms with Crippen molar-refractivity contribution in [1.82, 2.24) is 10.2 Å². The molecule has 6 nitrogen and oxygen atoms in total. The fourth-order valence-corrected chi connectivity index (χ4v) is 2.85. The van der Waals surface area contributed by atoms with E-state index < -0.39 is 0 Å². The van der Waals surface area contributed by atoms with E-state index in [2.05, 4.69) is 17.6 Å². The molecule has 0 radical (unpaired) electrons. The number of nitrogens with one attached hydrogen (secondary N) is 2. The molecule has 0 aromatic heterocycles. The largest absolute Gasteiger partial charge is 0.378 e. The number of likely N-dealkylation sites (N-methyl/N-ethyl adjacent to an activating group) is 1. The third kappa shape index (κ3) is 6.70. The number of hydrogen-bond acceptors (Lipinski definition) is 4. The number of carbonyl (C=O) groups excluding carboxylic acids is 2. The van der Waals surface area contributed by atoms with E-state index in [1.165, 1.54) is 0 Å². The van der Waals surface area contributed by atoms with Gasteiger partial charge in [-0.25, -0.2) is 0 Å². The molecular weight excluding hydrogens is 352 g/mol. The minimum Gasteiger partial charge on any atom is -0.378 e. The van der Waals surface area contributed by atoms with Crippen molar-refractivity contribution >= 4 is 23.2 Å². The van der Waals surface area contributed by atoms with Gasteiger partial charge < -0.3 is 15.5 Å². The highest BCUT2D eigenvalue weighted by molar-refractivity contribution is 5.93. The fraction of sp³-hybridized carbons (Fsp3) is 0.364. The maximum atomic E-state index is 12.3. The maximum absolute atomic E-state index is 12.3. The highest BCUT2D eigenvalue weighted by Crippen LogP contribution is 2.15. The molecule has 2 aromatic carbocycles. The molecule has 28 heavy (non-hydrogen) atoms. The highest BCUT2D eigenvalue weighted by atomic mass is 16.2. The van der Waals surface area contributed by atoms with Crippen molar-refractivity contribution in [3.05, 3.63) is 59.7 Å². The minimum atomic E-state index is -0.129. The number of hydrogen-bond donors (Lipinski definition) is 2. The highest BCUT2D eigenvalue weighted by Gasteiger charge is 2.12. The second kappa shape index (κ2) is 10.5. The summed E-state index contributed by atoms with van der Waals surface area (Å²) in [5, 5.41) is 5.82. The first-order valence-electron chi connectivity index (χ1n) is 9.48. The molecule has 0 aliphatic carbocycles. The molecule has 0 spiro atoms. The number of anilines is 2. The molecule has 0 unspecified atom stereocenters. The molecule has 0 atom stereocenters. The molecule has 0 saturated heterocycles. The van der Waals surface area contributed by atoms with Crippen LogP contribution in [0.25, 0.3) is 0 Å². The number of para-hydroxylation sites is 1. The third-order valence-electron chi connectivity index (χ3n) is 4.44. The number of rotatable bonds is 9. The molecule has 2 amide bonds. The summed E-state index contributed by atoms with van der Waals surface area (Å²) in [5.74, 6) is -0.239. The van der Waals surface area contributed by atoms with Crippen LogP contribution in [-0.2, 0) is 22.6 Å². The van der Waals surface area contributed by atoms with Gasteiger partial charge in [0.2, 0.25) is 11.8 Å². The first-order chi connectivity index (χ1) is 13.4. The molecule has 150 valence electrons. The standard InChI is InChI=1S/C22H30N4O2/c1-5-18-8-6-7-9-20(18)24-22(28)16-26(4)15-21(27)23-14-17-10-12-19(13-11-17)25(2)3/h6-13H,5,14-16H2,1-4H3,(H,23,27)(H,24,28). The molecule has 2 rings (SSSR count). The zero-order valence-corrected chi connectivity index (χ0v) is 17.2. The molecular formula is C22H30N4O2. The lowest BCUT2D eigenvalue weighted by molar-refractivity contribution is -0.123. The van der Waals surface area contributed by atoms with Crippen LogP contribution in [0.4, 0.5) is 11.4 Å². The Labute approximate surface area is 167 Å². The van der Waals surface area contributed by atoms with Gasteiger partial charge in [0.1, 0.15) is 0 Å². The third-order valence-corrected chi connectivity index (χ3v) is 4.44. The summed E-state index contributed by atoms with van der Waals surface area (Å²) >= 11 is 0. The minimum absolute atomic E-state index is 0.110. The average Bonchev–Trinajstić information content (AvgIpc) is 2.66. The quantitative estimate of drug-likeness (QED) is 0.699. The molecule has 0 aliphatic rings. The zero-order chi connectivity index (χ0) is 20.5. The van der Waals surface area contributed by atoms with Gasteiger partial charge in [-0.1, -0.05) is 37.3 Å². The van der Waals surface area contributed by atoms with Crippen molar-refractivity contribution in [2.75, 3.05) is 44.4 Å². The van der Waals surface area contributed by atoms with Gasteiger partial charge >= 0.3 is 0 Å². The van der Waals surface area contributed by atoms with Gasteiger partial charge in [-0.15, -0.1) is 0 Å². The molecule has 2 aromatic rings. The monoisotopic (exact) mass is 382 g/mol. The number of aryl methyl sites for hydroxylation is 1. The van der Waals surface area contributed by atoms with Crippen LogP contribution in [0.3, 0.4) is 0 Å². The van der Waals surface area contributed by atoms with Crippen LogP contribution >= 0.6 is 0 Å². The molecule has 6 heteroatoms. The van der Waals surface area contributed by atoms with E-state index in [0.29, 0.717) is 6.54 Å². The summed E-state index contributed by atoms with van der Waals surface area (Å²) in [7, 11) is 5.74. The van der Waals surface area contributed by atoms with E-state index in [1.807, 2.05) is 67.5 Å². The van der Waals surface area contributed by atoms with Gasteiger partial charge in [0.25, 0.3) is 0 Å². The van der Waals surface area contributed by atoms with Gasteiger partial charge in [-0.3, -0.25) is 14.5 Å². The predicted molar refractivity (Wildman–Crippen MR) is 115 cm³/mol. The lowest BCUT2D eigenvalue weighted by atomic mass is 10.1. The Balaban J connectivity index is 1.76. The van der Waals surface area contributed by atoms with E-state index in [9.17, 15) is 9.59 Å². The normalized spacial score (nSPS) is 10.6. The SMILES string of the molecule is CCc1ccccc1NC(=O)CN(C)CC(=O)NCc1ccc(N(C)C)cc1. The summed E-state index contributed by atoms with van der Waals surface area (Å²) in [6.45, 7) is 2.84. The van der Waals surface area contributed by atoms with Gasteiger partial charge in [0.15, 0.2) is 0 Å². The molecule has 0 saturated carbocycles. The summed E-state index contributed by atoms with van der Waals surface area (Å²) in [6, 6.07) is 15.8. The zero-order valence-electron chi connectivity index (χ0n) is 17.2. The maximum Gasteiger partial charge on any atom is 0.238 e. The summed E-state index contributed by atoms with van der Waals surface area (Å²) in [6.07, 6.45) is 0.851. The van der Waals surface area contributed by atoms with Gasteiger partial charge in [0.05, 0.1) is 13.1 Å². The van der Waals surface area contributed by atoms with Gasteiger partial charge in [-0.05, 0) is 42.8 Å². The first kappa shape index (κ1) is 21.4. The summed E-state index contributed by atoms with van der Waals surface area (Å²) in [5.41, 5.74) is 4.08. The van der Waals surface area contributed by atoms with Gasteiger partial charge in [-0.2, -0.15) is 0 Å². The molecule has 2 N–H and O–H groups in total. The van der Waals surface area contributed by atoms with Crippen molar-refractivity contribution in [1.29, 1.82) is 0 Å². The number of carbonyl (C=O) groups is 2. The molecule has 0 fully saturated rings. The smallest absolute Gasteiger partial charge is 0.238 e. The van der Waals surface area contributed by atoms with Crippen molar-refractivity contribution in [3.8, 4) is 0 Å². The lowest BCUT2D eigenvalue weighted by Gasteiger charge is -2.17. The van der Waals surface area contributed by atoms with E-state index >= 15 is 0 Å². The van der Waals surface area contributed by atoms with E-state index in [4.69, 9.17) is 0 Å². The van der Waals surface area contributed by atoms with Crippen molar-refractivity contribution in [3.63, 3.8) is 0 Å². The van der Waals surface area contributed by atoms with Crippen LogP contribution in [0.15, 0.2) is 48.5 Å². The van der Waals surface area contributed by atoms with Crippen LogP contribution in [0.5, 0.6) is 0 Å². The molecule has 0 aliphatic heterocycles. The molecule has 0 bridgehead atoms.